The van der Waals surface area contributed by atoms with Crippen molar-refractivity contribution >= 4 is 10.1 Å². The van der Waals surface area contributed by atoms with Crippen LogP contribution in [-0.2, 0) is 10.1 Å². The normalized spacial score (nSPS) is 12.7. The van der Waals surface area contributed by atoms with Gasteiger partial charge in [0, 0.05) is 0 Å². The van der Waals surface area contributed by atoms with Crippen LogP contribution in [-0.4, -0.2) is 13.0 Å². The number of benzene rings is 1. The van der Waals surface area contributed by atoms with Gasteiger partial charge in [0.15, 0.2) is 0 Å². The molecule has 1 rings (SSSR count). The summed E-state index contributed by atoms with van der Waals surface area (Å²) in [5.74, 6) is 0.457. The third-order valence-electron chi connectivity index (χ3n) is 4.29. The molecule has 0 saturated heterocycles. The molecule has 5 heteroatoms. The molecule has 0 aromatic heterocycles. The molecule has 3 nitrogen and oxygen atoms in total. The van der Waals surface area contributed by atoms with Crippen molar-refractivity contribution in [2.45, 2.75) is 82.4 Å². The number of hydrogen-bond donors (Lipinski definition) is 0. The van der Waals surface area contributed by atoms with Crippen molar-refractivity contribution in [3.8, 4) is 0 Å². The molecule has 1 unspecified atom stereocenters. The molecule has 0 saturated carbocycles. The van der Waals surface area contributed by atoms with Crippen LogP contribution in [0.3, 0.4) is 0 Å². The van der Waals surface area contributed by atoms with E-state index in [0.29, 0.717) is 5.92 Å². The van der Waals surface area contributed by atoms with Crippen molar-refractivity contribution in [1.82, 2.24) is 0 Å². The van der Waals surface area contributed by atoms with E-state index in [-0.39, 0.29) is 34.5 Å². The average Bonchev–Trinajstić information content (AvgIpc) is 2.49. The summed E-state index contributed by atoms with van der Waals surface area (Å²) >= 11 is 0. The van der Waals surface area contributed by atoms with Gasteiger partial charge < -0.3 is 4.55 Å². The number of unbranched alkanes of at least 4 members (excludes halogenated alkanes) is 6. The number of hydrogen-bond acceptors (Lipinski definition) is 3. The quantitative estimate of drug-likeness (QED) is 0.350. The fraction of sp³-hybridized carbons (Fsp3) is 0.667. The SMILES string of the molecule is CCCCCCCCCC(CC)c1ccc(S(=O)(=O)[O-])cc1.[Na+]. The molecule has 0 fully saturated rings. The molecule has 0 bridgehead atoms. The van der Waals surface area contributed by atoms with E-state index in [0.717, 1.165) is 18.4 Å². The molecule has 126 valence electrons. The summed E-state index contributed by atoms with van der Waals surface area (Å²) < 4.78 is 32.8. The van der Waals surface area contributed by atoms with Crippen molar-refractivity contribution < 1.29 is 42.5 Å². The Kier molecular flexibility index (Phi) is 12.6. The standard InChI is InChI=1S/C18H30O3S.Na/c1-3-5-6-7-8-9-10-11-16(4-2)17-12-14-18(15-13-17)22(19,20)21;/h12-16H,3-11H2,1-2H3,(H,19,20,21);/q;+1/p-1. The van der Waals surface area contributed by atoms with Crippen LogP contribution >= 0.6 is 0 Å². The summed E-state index contributed by atoms with van der Waals surface area (Å²) in [7, 11) is -4.33. The first-order valence-corrected chi connectivity index (χ1v) is 9.95. The van der Waals surface area contributed by atoms with Gasteiger partial charge in [-0.2, -0.15) is 0 Å². The third kappa shape index (κ3) is 9.25. The second-order valence-electron chi connectivity index (χ2n) is 6.04. The zero-order valence-corrected chi connectivity index (χ0v) is 17.7. The zero-order valence-electron chi connectivity index (χ0n) is 14.9. The van der Waals surface area contributed by atoms with Crippen LogP contribution in [0, 0.1) is 0 Å². The maximum atomic E-state index is 10.9. The van der Waals surface area contributed by atoms with Gasteiger partial charge in [0.2, 0.25) is 0 Å². The van der Waals surface area contributed by atoms with Crippen molar-refractivity contribution in [1.29, 1.82) is 0 Å². The molecule has 1 aromatic carbocycles. The molecule has 23 heavy (non-hydrogen) atoms. The van der Waals surface area contributed by atoms with Crippen LogP contribution in [0.15, 0.2) is 29.2 Å². The molecule has 0 amide bonds. The maximum absolute atomic E-state index is 10.9. The minimum atomic E-state index is -4.33. The summed E-state index contributed by atoms with van der Waals surface area (Å²) in [5.41, 5.74) is 1.14. The minimum absolute atomic E-state index is 0. The summed E-state index contributed by atoms with van der Waals surface area (Å²) in [6, 6.07) is 6.45. The predicted octanol–water partition coefficient (Wildman–Crippen LogP) is 2.23. The van der Waals surface area contributed by atoms with Gasteiger partial charge in [-0.05, 0) is 36.5 Å². The van der Waals surface area contributed by atoms with E-state index < -0.39 is 10.1 Å². The van der Waals surface area contributed by atoms with E-state index in [1.807, 2.05) is 0 Å². The van der Waals surface area contributed by atoms with Gasteiger partial charge in [-0.15, -0.1) is 0 Å². The van der Waals surface area contributed by atoms with E-state index in [1.165, 1.54) is 57.1 Å². The molecule has 0 heterocycles. The molecule has 0 radical (unpaired) electrons. The Bertz CT molecular complexity index is 512. The molecule has 1 atom stereocenters. The molecule has 0 aliphatic carbocycles. The van der Waals surface area contributed by atoms with Crippen molar-refractivity contribution in [2.75, 3.05) is 0 Å². The summed E-state index contributed by atoms with van der Waals surface area (Å²) in [4.78, 5) is -0.137. The smallest absolute Gasteiger partial charge is 0.744 e. The van der Waals surface area contributed by atoms with E-state index >= 15 is 0 Å². The monoisotopic (exact) mass is 348 g/mol. The van der Waals surface area contributed by atoms with E-state index in [1.54, 1.807) is 12.1 Å². The van der Waals surface area contributed by atoms with Gasteiger partial charge in [0.1, 0.15) is 10.1 Å². The van der Waals surface area contributed by atoms with Crippen molar-refractivity contribution in [2.24, 2.45) is 0 Å². The molecule has 0 aliphatic rings. The van der Waals surface area contributed by atoms with Gasteiger partial charge in [0.05, 0.1) is 4.90 Å². The van der Waals surface area contributed by atoms with Crippen LogP contribution < -0.4 is 29.6 Å². The Balaban J connectivity index is 0.00000484. The Labute approximate surface area is 164 Å². The maximum Gasteiger partial charge on any atom is 1.00 e. The average molecular weight is 348 g/mol. The second-order valence-corrected chi connectivity index (χ2v) is 7.42. The zero-order chi connectivity index (χ0) is 16.4. The van der Waals surface area contributed by atoms with Crippen molar-refractivity contribution in [3.63, 3.8) is 0 Å². The summed E-state index contributed by atoms with van der Waals surface area (Å²) in [6.07, 6.45) is 11.3. The van der Waals surface area contributed by atoms with Crippen LogP contribution in [0.4, 0.5) is 0 Å². The first-order valence-electron chi connectivity index (χ1n) is 8.54. The molecule has 0 N–H and O–H groups in total. The molecule has 1 aromatic rings. The predicted molar refractivity (Wildman–Crippen MR) is 90.0 cm³/mol. The number of rotatable bonds is 11. The third-order valence-corrected chi connectivity index (χ3v) is 5.14. The van der Waals surface area contributed by atoms with E-state index in [9.17, 15) is 13.0 Å². The molecular weight excluding hydrogens is 319 g/mol. The van der Waals surface area contributed by atoms with Gasteiger partial charge in [-0.1, -0.05) is 70.9 Å². The Morgan fingerprint density at radius 3 is 1.91 bits per heavy atom. The first-order chi connectivity index (χ1) is 10.5. The van der Waals surface area contributed by atoms with Gasteiger partial charge >= 0.3 is 29.6 Å². The van der Waals surface area contributed by atoms with Crippen molar-refractivity contribution in [3.05, 3.63) is 29.8 Å². The first kappa shape index (κ1) is 23.1. The van der Waals surface area contributed by atoms with E-state index in [2.05, 4.69) is 13.8 Å². The Morgan fingerprint density at radius 1 is 0.913 bits per heavy atom. The Morgan fingerprint density at radius 2 is 1.43 bits per heavy atom. The van der Waals surface area contributed by atoms with Crippen LogP contribution in [0.25, 0.3) is 0 Å². The Hall–Kier alpha value is 0.130. The van der Waals surface area contributed by atoms with Crippen LogP contribution in [0.2, 0.25) is 0 Å². The van der Waals surface area contributed by atoms with E-state index in [4.69, 9.17) is 0 Å². The minimum Gasteiger partial charge on any atom is -0.744 e. The fourth-order valence-electron chi connectivity index (χ4n) is 2.86. The van der Waals surface area contributed by atoms with Crippen LogP contribution in [0.1, 0.15) is 83.1 Å². The van der Waals surface area contributed by atoms with Gasteiger partial charge in [-0.3, -0.25) is 0 Å². The van der Waals surface area contributed by atoms with Gasteiger partial charge in [-0.25, -0.2) is 8.42 Å². The molecular formula is C18H29NaO3S. The van der Waals surface area contributed by atoms with Gasteiger partial charge in [0.25, 0.3) is 0 Å². The summed E-state index contributed by atoms with van der Waals surface area (Å²) in [6.45, 7) is 4.39. The largest absolute Gasteiger partial charge is 1.00 e. The molecule has 0 spiro atoms. The summed E-state index contributed by atoms with van der Waals surface area (Å²) in [5, 5.41) is 0. The second kappa shape index (κ2) is 12.5. The van der Waals surface area contributed by atoms with Crippen LogP contribution in [0.5, 0.6) is 0 Å². The molecule has 0 aliphatic heterocycles. The topological polar surface area (TPSA) is 57.2 Å². The fourth-order valence-corrected chi connectivity index (χ4v) is 3.33.